The third kappa shape index (κ3) is 3.41. The number of nitrogens with one attached hydrogen (secondary N) is 1. The van der Waals surface area contributed by atoms with Gasteiger partial charge in [0.2, 0.25) is 0 Å². The lowest BCUT2D eigenvalue weighted by Gasteiger charge is -2.27. The summed E-state index contributed by atoms with van der Waals surface area (Å²) in [6.07, 6.45) is -0.324. The van der Waals surface area contributed by atoms with Crippen molar-refractivity contribution >= 4 is 11.4 Å². The Bertz CT molecular complexity index is 489. The van der Waals surface area contributed by atoms with Crippen LogP contribution in [0.25, 0.3) is 0 Å². The molecule has 1 aromatic rings. The third-order valence-electron chi connectivity index (χ3n) is 3.53. The first kappa shape index (κ1) is 14.6. The SMILES string of the molecule is O=[N+]([O-])c1ccc(N[C@H]2CC[C@H](O)CC2)cc1C(F)F. The number of nitrogens with zero attached hydrogens (tertiary/aromatic N) is 1. The number of hydrogen-bond donors (Lipinski definition) is 2. The van der Waals surface area contributed by atoms with Crippen LogP contribution in [0.5, 0.6) is 0 Å². The number of aliphatic hydroxyl groups is 1. The molecule has 7 heteroatoms. The molecule has 1 fully saturated rings. The second-order valence-electron chi connectivity index (χ2n) is 4.98. The van der Waals surface area contributed by atoms with Gasteiger partial charge >= 0.3 is 0 Å². The van der Waals surface area contributed by atoms with Crippen LogP contribution in [-0.2, 0) is 0 Å². The van der Waals surface area contributed by atoms with E-state index in [4.69, 9.17) is 0 Å². The number of nitro groups is 1. The van der Waals surface area contributed by atoms with Crippen molar-refractivity contribution in [2.45, 2.75) is 44.3 Å². The number of alkyl halides is 2. The van der Waals surface area contributed by atoms with E-state index in [0.29, 0.717) is 18.5 Å². The highest BCUT2D eigenvalue weighted by molar-refractivity contribution is 5.55. The number of halogens is 2. The second-order valence-corrected chi connectivity index (χ2v) is 4.98. The Kier molecular flexibility index (Phi) is 4.49. The van der Waals surface area contributed by atoms with Gasteiger partial charge in [-0.15, -0.1) is 0 Å². The summed E-state index contributed by atoms with van der Waals surface area (Å²) < 4.78 is 25.7. The van der Waals surface area contributed by atoms with E-state index < -0.39 is 22.6 Å². The minimum Gasteiger partial charge on any atom is -0.393 e. The van der Waals surface area contributed by atoms with E-state index in [1.165, 1.54) is 6.07 Å². The molecule has 0 unspecified atom stereocenters. The molecule has 5 nitrogen and oxygen atoms in total. The van der Waals surface area contributed by atoms with Crippen molar-refractivity contribution < 1.29 is 18.8 Å². The highest BCUT2D eigenvalue weighted by atomic mass is 19.3. The number of nitro benzene ring substituents is 1. The predicted molar refractivity (Wildman–Crippen MR) is 69.9 cm³/mol. The summed E-state index contributed by atoms with van der Waals surface area (Å²) in [6, 6.07) is 3.77. The van der Waals surface area contributed by atoms with Crippen molar-refractivity contribution in [2.24, 2.45) is 0 Å². The van der Waals surface area contributed by atoms with Crippen molar-refractivity contribution in [1.82, 2.24) is 0 Å². The highest BCUT2D eigenvalue weighted by Crippen LogP contribution is 2.32. The molecule has 0 bridgehead atoms. The average molecular weight is 286 g/mol. The minimum atomic E-state index is -2.88. The summed E-state index contributed by atoms with van der Waals surface area (Å²) in [4.78, 5) is 9.88. The van der Waals surface area contributed by atoms with Crippen LogP contribution in [0, 0.1) is 10.1 Å². The van der Waals surface area contributed by atoms with Gasteiger partial charge in [-0.05, 0) is 37.8 Å². The molecular weight excluding hydrogens is 270 g/mol. The molecule has 2 rings (SSSR count). The van der Waals surface area contributed by atoms with Gasteiger partial charge in [0.15, 0.2) is 0 Å². The molecule has 0 atom stereocenters. The predicted octanol–water partition coefficient (Wildman–Crippen LogP) is 3.25. The largest absolute Gasteiger partial charge is 0.393 e. The Morgan fingerprint density at radius 2 is 1.95 bits per heavy atom. The van der Waals surface area contributed by atoms with Crippen LogP contribution in [0.1, 0.15) is 37.7 Å². The Morgan fingerprint density at radius 3 is 2.50 bits per heavy atom. The lowest BCUT2D eigenvalue weighted by Crippen LogP contribution is -2.28. The molecule has 0 aliphatic heterocycles. The molecule has 1 aliphatic carbocycles. The van der Waals surface area contributed by atoms with Crippen LogP contribution in [-0.4, -0.2) is 22.2 Å². The standard InChI is InChI=1S/C13H16F2N2O3/c14-13(15)11-7-9(3-6-12(11)17(19)20)16-8-1-4-10(18)5-2-8/h3,6-8,10,13,16,18H,1-2,4-5H2/t8-,10-. The van der Waals surface area contributed by atoms with Crippen LogP contribution < -0.4 is 5.32 Å². The van der Waals surface area contributed by atoms with Crippen LogP contribution in [0.4, 0.5) is 20.2 Å². The van der Waals surface area contributed by atoms with Gasteiger partial charge in [-0.1, -0.05) is 0 Å². The van der Waals surface area contributed by atoms with Gasteiger partial charge in [0.05, 0.1) is 16.6 Å². The minimum absolute atomic E-state index is 0.102. The Morgan fingerprint density at radius 1 is 1.30 bits per heavy atom. The Balaban J connectivity index is 2.13. The van der Waals surface area contributed by atoms with Gasteiger partial charge in [-0.25, -0.2) is 8.78 Å². The fourth-order valence-corrected chi connectivity index (χ4v) is 2.44. The molecule has 1 aromatic carbocycles. The molecule has 0 saturated heterocycles. The van der Waals surface area contributed by atoms with E-state index in [-0.39, 0.29) is 12.1 Å². The average Bonchev–Trinajstić information content (AvgIpc) is 2.41. The maximum Gasteiger partial charge on any atom is 0.278 e. The van der Waals surface area contributed by atoms with Crippen LogP contribution in [0.15, 0.2) is 18.2 Å². The van der Waals surface area contributed by atoms with E-state index in [1.54, 1.807) is 0 Å². The van der Waals surface area contributed by atoms with Crippen molar-refractivity contribution in [1.29, 1.82) is 0 Å². The fraction of sp³-hybridized carbons (Fsp3) is 0.538. The summed E-state index contributed by atoms with van der Waals surface area (Å²) in [6.45, 7) is 0. The first-order valence-corrected chi connectivity index (χ1v) is 6.48. The zero-order chi connectivity index (χ0) is 14.7. The lowest BCUT2D eigenvalue weighted by atomic mass is 9.93. The highest BCUT2D eigenvalue weighted by Gasteiger charge is 2.23. The maximum atomic E-state index is 12.8. The number of aliphatic hydroxyl groups excluding tert-OH is 1. The molecule has 110 valence electrons. The van der Waals surface area contributed by atoms with E-state index in [2.05, 4.69) is 5.32 Å². The van der Waals surface area contributed by atoms with E-state index in [0.717, 1.165) is 25.0 Å². The molecule has 0 spiro atoms. The molecule has 0 amide bonds. The summed E-state index contributed by atoms with van der Waals surface area (Å²) in [5.41, 5.74) is -0.687. The summed E-state index contributed by atoms with van der Waals surface area (Å²) >= 11 is 0. The van der Waals surface area contributed by atoms with Gasteiger partial charge in [-0.2, -0.15) is 0 Å². The number of rotatable bonds is 4. The van der Waals surface area contributed by atoms with E-state index >= 15 is 0 Å². The second kappa shape index (κ2) is 6.13. The van der Waals surface area contributed by atoms with Crippen LogP contribution >= 0.6 is 0 Å². The molecule has 2 N–H and O–H groups in total. The molecular formula is C13H16F2N2O3. The van der Waals surface area contributed by atoms with E-state index in [1.807, 2.05) is 0 Å². The first-order chi connectivity index (χ1) is 9.47. The van der Waals surface area contributed by atoms with Crippen molar-refractivity contribution in [3.05, 3.63) is 33.9 Å². The maximum absolute atomic E-state index is 12.8. The normalized spacial score (nSPS) is 22.8. The zero-order valence-corrected chi connectivity index (χ0v) is 10.8. The molecule has 0 radical (unpaired) electrons. The van der Waals surface area contributed by atoms with Crippen molar-refractivity contribution in [2.75, 3.05) is 5.32 Å². The molecule has 1 saturated carbocycles. The van der Waals surface area contributed by atoms with Gasteiger partial charge < -0.3 is 10.4 Å². The van der Waals surface area contributed by atoms with Gasteiger partial charge in [0, 0.05) is 17.8 Å². The van der Waals surface area contributed by atoms with Gasteiger partial charge in [0.25, 0.3) is 12.1 Å². The topological polar surface area (TPSA) is 75.4 Å². The van der Waals surface area contributed by atoms with Gasteiger partial charge in [-0.3, -0.25) is 10.1 Å². The molecule has 20 heavy (non-hydrogen) atoms. The van der Waals surface area contributed by atoms with Crippen molar-refractivity contribution in [3.63, 3.8) is 0 Å². The summed E-state index contributed by atoms with van der Waals surface area (Å²) in [7, 11) is 0. The number of anilines is 1. The van der Waals surface area contributed by atoms with Crippen LogP contribution in [0.3, 0.4) is 0 Å². The Labute approximate surface area is 114 Å². The summed E-state index contributed by atoms with van der Waals surface area (Å²) in [5.74, 6) is 0. The van der Waals surface area contributed by atoms with Crippen LogP contribution in [0.2, 0.25) is 0 Å². The number of hydrogen-bond acceptors (Lipinski definition) is 4. The van der Waals surface area contributed by atoms with E-state index in [9.17, 15) is 24.0 Å². The molecule has 0 heterocycles. The monoisotopic (exact) mass is 286 g/mol. The Hall–Kier alpha value is -1.76. The molecule has 0 aromatic heterocycles. The number of benzene rings is 1. The molecule has 1 aliphatic rings. The van der Waals surface area contributed by atoms with Crippen molar-refractivity contribution in [3.8, 4) is 0 Å². The first-order valence-electron chi connectivity index (χ1n) is 6.48. The lowest BCUT2D eigenvalue weighted by molar-refractivity contribution is -0.386. The summed E-state index contributed by atoms with van der Waals surface area (Å²) in [5, 5.41) is 23.2. The van der Waals surface area contributed by atoms with Gasteiger partial charge in [0.1, 0.15) is 0 Å². The zero-order valence-electron chi connectivity index (χ0n) is 10.8. The quantitative estimate of drug-likeness (QED) is 0.658. The third-order valence-corrected chi connectivity index (χ3v) is 3.53. The fourth-order valence-electron chi connectivity index (χ4n) is 2.44. The smallest absolute Gasteiger partial charge is 0.278 e.